The van der Waals surface area contributed by atoms with E-state index in [1.807, 2.05) is 31.4 Å². The molecule has 66 valence electrons. The first-order valence-electron chi connectivity index (χ1n) is 3.74. The molecule has 12 heavy (non-hydrogen) atoms. The van der Waals surface area contributed by atoms with E-state index in [0.717, 1.165) is 10.6 Å². The van der Waals surface area contributed by atoms with E-state index in [4.69, 9.17) is 17.3 Å². The van der Waals surface area contributed by atoms with E-state index < -0.39 is 0 Å². The summed E-state index contributed by atoms with van der Waals surface area (Å²) < 4.78 is 0. The summed E-state index contributed by atoms with van der Waals surface area (Å²) in [5.74, 6) is 0. The standard InChI is InChI=1S/C9H12ClNS/c1-6(11)8-5-7(10)3-4-9(8)12-2/h3-6H,11H2,1-2H3. The number of nitrogens with two attached hydrogens (primary N) is 1. The van der Waals surface area contributed by atoms with Crippen LogP contribution in [0.25, 0.3) is 0 Å². The minimum atomic E-state index is 0.0474. The molecule has 0 aliphatic carbocycles. The summed E-state index contributed by atoms with van der Waals surface area (Å²) in [6, 6.07) is 5.87. The van der Waals surface area contributed by atoms with Crippen LogP contribution in [0, 0.1) is 0 Å². The van der Waals surface area contributed by atoms with Crippen LogP contribution in [0.2, 0.25) is 5.02 Å². The Morgan fingerprint density at radius 2 is 2.17 bits per heavy atom. The number of hydrogen-bond acceptors (Lipinski definition) is 2. The maximum absolute atomic E-state index is 5.85. The van der Waals surface area contributed by atoms with Crippen LogP contribution >= 0.6 is 23.4 Å². The van der Waals surface area contributed by atoms with Crippen molar-refractivity contribution in [2.45, 2.75) is 17.9 Å². The van der Waals surface area contributed by atoms with Crippen molar-refractivity contribution in [1.82, 2.24) is 0 Å². The van der Waals surface area contributed by atoms with Gasteiger partial charge in [0.1, 0.15) is 0 Å². The summed E-state index contributed by atoms with van der Waals surface area (Å²) >= 11 is 7.55. The van der Waals surface area contributed by atoms with Crippen molar-refractivity contribution < 1.29 is 0 Å². The molecular weight excluding hydrogens is 190 g/mol. The van der Waals surface area contributed by atoms with E-state index in [1.165, 1.54) is 4.90 Å². The van der Waals surface area contributed by atoms with Gasteiger partial charge in [-0.1, -0.05) is 11.6 Å². The second-order valence-electron chi connectivity index (χ2n) is 2.67. The lowest BCUT2D eigenvalue weighted by atomic mass is 10.1. The van der Waals surface area contributed by atoms with E-state index in [1.54, 1.807) is 11.8 Å². The summed E-state index contributed by atoms with van der Waals surface area (Å²) in [6.45, 7) is 1.96. The lowest BCUT2D eigenvalue weighted by Gasteiger charge is -2.10. The number of hydrogen-bond donors (Lipinski definition) is 1. The van der Waals surface area contributed by atoms with Gasteiger partial charge in [-0.25, -0.2) is 0 Å². The fraction of sp³-hybridized carbons (Fsp3) is 0.333. The highest BCUT2D eigenvalue weighted by Crippen LogP contribution is 2.27. The van der Waals surface area contributed by atoms with Crippen LogP contribution in [0.3, 0.4) is 0 Å². The maximum Gasteiger partial charge on any atom is 0.0410 e. The number of halogens is 1. The lowest BCUT2D eigenvalue weighted by molar-refractivity contribution is 0.798. The first-order chi connectivity index (χ1) is 5.65. The van der Waals surface area contributed by atoms with Gasteiger partial charge in [-0.2, -0.15) is 0 Å². The Balaban J connectivity index is 3.12. The van der Waals surface area contributed by atoms with Gasteiger partial charge in [0.2, 0.25) is 0 Å². The number of rotatable bonds is 2. The van der Waals surface area contributed by atoms with Gasteiger partial charge < -0.3 is 5.73 Å². The van der Waals surface area contributed by atoms with Gasteiger partial charge in [-0.15, -0.1) is 11.8 Å². The summed E-state index contributed by atoms with van der Waals surface area (Å²) in [5.41, 5.74) is 6.91. The van der Waals surface area contributed by atoms with Crippen LogP contribution < -0.4 is 5.73 Å². The molecule has 1 rings (SSSR count). The Kier molecular flexibility index (Phi) is 3.44. The van der Waals surface area contributed by atoms with Crippen molar-refractivity contribution in [3.8, 4) is 0 Å². The highest BCUT2D eigenvalue weighted by atomic mass is 35.5. The number of thioether (sulfide) groups is 1. The zero-order valence-electron chi connectivity index (χ0n) is 7.17. The molecule has 0 radical (unpaired) electrons. The first kappa shape index (κ1) is 9.90. The second kappa shape index (κ2) is 4.17. The zero-order valence-corrected chi connectivity index (χ0v) is 8.75. The van der Waals surface area contributed by atoms with Crippen molar-refractivity contribution in [1.29, 1.82) is 0 Å². The van der Waals surface area contributed by atoms with Crippen LogP contribution in [0.15, 0.2) is 23.1 Å². The quantitative estimate of drug-likeness (QED) is 0.745. The normalized spacial score (nSPS) is 13.0. The predicted octanol–water partition coefficient (Wildman–Crippen LogP) is 3.08. The molecule has 0 aliphatic heterocycles. The highest BCUT2D eigenvalue weighted by molar-refractivity contribution is 7.98. The summed E-state index contributed by atoms with van der Waals surface area (Å²) in [5, 5.41) is 0.750. The Hall–Kier alpha value is -0.180. The zero-order chi connectivity index (χ0) is 9.14. The van der Waals surface area contributed by atoms with Gasteiger partial charge in [-0.05, 0) is 36.9 Å². The van der Waals surface area contributed by atoms with Crippen molar-refractivity contribution in [2.24, 2.45) is 5.73 Å². The van der Waals surface area contributed by atoms with Crippen molar-refractivity contribution in [2.75, 3.05) is 6.26 Å². The molecule has 0 spiro atoms. The predicted molar refractivity (Wildman–Crippen MR) is 55.8 cm³/mol. The van der Waals surface area contributed by atoms with Crippen molar-refractivity contribution in [3.63, 3.8) is 0 Å². The van der Waals surface area contributed by atoms with E-state index in [2.05, 4.69) is 0 Å². The van der Waals surface area contributed by atoms with Crippen LogP contribution in [-0.2, 0) is 0 Å². The fourth-order valence-corrected chi connectivity index (χ4v) is 1.93. The molecule has 0 aliphatic rings. The van der Waals surface area contributed by atoms with Crippen molar-refractivity contribution >= 4 is 23.4 Å². The molecule has 0 saturated carbocycles. The summed E-state index contributed by atoms with van der Waals surface area (Å²) in [6.07, 6.45) is 2.04. The molecule has 0 fully saturated rings. The topological polar surface area (TPSA) is 26.0 Å². The SMILES string of the molecule is CSc1ccc(Cl)cc1C(C)N. The fourth-order valence-electron chi connectivity index (χ4n) is 1.06. The van der Waals surface area contributed by atoms with Crippen molar-refractivity contribution in [3.05, 3.63) is 28.8 Å². The van der Waals surface area contributed by atoms with Gasteiger partial charge in [0.05, 0.1) is 0 Å². The highest BCUT2D eigenvalue weighted by Gasteiger charge is 2.05. The van der Waals surface area contributed by atoms with Crippen LogP contribution in [-0.4, -0.2) is 6.26 Å². The van der Waals surface area contributed by atoms with Gasteiger partial charge in [-0.3, -0.25) is 0 Å². The molecule has 0 saturated heterocycles. The Bertz CT molecular complexity index is 273. The van der Waals surface area contributed by atoms with Gasteiger partial charge in [0.15, 0.2) is 0 Å². The smallest absolute Gasteiger partial charge is 0.0410 e. The number of benzene rings is 1. The van der Waals surface area contributed by atoms with Gasteiger partial charge in [0, 0.05) is 16.0 Å². The third-order valence-electron chi connectivity index (χ3n) is 1.68. The molecular formula is C9H12ClNS. The van der Waals surface area contributed by atoms with E-state index in [9.17, 15) is 0 Å². The molecule has 1 aromatic rings. The first-order valence-corrected chi connectivity index (χ1v) is 5.34. The Morgan fingerprint density at radius 1 is 1.50 bits per heavy atom. The third kappa shape index (κ3) is 2.16. The van der Waals surface area contributed by atoms with Crippen LogP contribution in [0.4, 0.5) is 0 Å². The molecule has 1 aromatic carbocycles. The Morgan fingerprint density at radius 3 is 2.67 bits per heavy atom. The molecule has 0 heterocycles. The summed E-state index contributed by atoms with van der Waals surface area (Å²) in [7, 11) is 0. The third-order valence-corrected chi connectivity index (χ3v) is 2.73. The average Bonchev–Trinajstić information content (AvgIpc) is 2.04. The Labute approximate surface area is 82.3 Å². The second-order valence-corrected chi connectivity index (χ2v) is 3.96. The molecule has 0 amide bonds. The van der Waals surface area contributed by atoms with E-state index in [-0.39, 0.29) is 6.04 Å². The minimum absolute atomic E-state index is 0.0474. The molecule has 0 aromatic heterocycles. The molecule has 2 N–H and O–H groups in total. The minimum Gasteiger partial charge on any atom is -0.324 e. The van der Waals surface area contributed by atoms with Gasteiger partial charge in [0.25, 0.3) is 0 Å². The van der Waals surface area contributed by atoms with E-state index >= 15 is 0 Å². The molecule has 1 atom stereocenters. The van der Waals surface area contributed by atoms with Crippen LogP contribution in [0.5, 0.6) is 0 Å². The molecule has 1 nitrogen and oxygen atoms in total. The lowest BCUT2D eigenvalue weighted by Crippen LogP contribution is -2.06. The largest absolute Gasteiger partial charge is 0.324 e. The maximum atomic E-state index is 5.85. The van der Waals surface area contributed by atoms with E-state index in [0.29, 0.717) is 0 Å². The average molecular weight is 202 g/mol. The van der Waals surface area contributed by atoms with Gasteiger partial charge >= 0.3 is 0 Å². The molecule has 3 heteroatoms. The van der Waals surface area contributed by atoms with Crippen LogP contribution in [0.1, 0.15) is 18.5 Å². The monoisotopic (exact) mass is 201 g/mol. The summed E-state index contributed by atoms with van der Waals surface area (Å²) in [4.78, 5) is 1.20. The molecule has 0 bridgehead atoms. The molecule has 1 unspecified atom stereocenters.